The van der Waals surface area contributed by atoms with Crippen molar-refractivity contribution in [3.05, 3.63) is 113 Å². The van der Waals surface area contributed by atoms with E-state index in [0.717, 1.165) is 39.2 Å². The van der Waals surface area contributed by atoms with E-state index in [4.69, 9.17) is 0 Å². The predicted octanol–water partition coefficient (Wildman–Crippen LogP) is 5.86. The minimum atomic E-state index is -0.0218. The van der Waals surface area contributed by atoms with Crippen LogP contribution >= 0.6 is 0 Å². The Balaban J connectivity index is 1.89. The molecule has 0 atom stereocenters. The molecule has 0 bridgehead atoms. The Morgan fingerprint density at radius 3 is 2.34 bits per heavy atom. The highest BCUT2D eigenvalue weighted by Crippen LogP contribution is 2.26. The van der Waals surface area contributed by atoms with E-state index in [1.807, 2.05) is 66.7 Å². The van der Waals surface area contributed by atoms with E-state index in [0.29, 0.717) is 5.39 Å². The van der Waals surface area contributed by atoms with Gasteiger partial charge in [0.2, 0.25) is 0 Å². The highest BCUT2D eigenvalue weighted by Gasteiger charge is 2.16. The van der Waals surface area contributed by atoms with Crippen molar-refractivity contribution in [2.45, 2.75) is 6.92 Å². The molecule has 0 saturated heterocycles. The lowest BCUT2D eigenvalue weighted by Gasteiger charge is -2.14. The Morgan fingerprint density at radius 1 is 0.828 bits per heavy atom. The molecule has 0 N–H and O–H groups in total. The van der Waals surface area contributed by atoms with Gasteiger partial charge < -0.3 is 0 Å². The molecule has 2 heterocycles. The zero-order chi connectivity index (χ0) is 20.0. The van der Waals surface area contributed by atoms with Crippen LogP contribution in [0.25, 0.3) is 39.4 Å². The van der Waals surface area contributed by atoms with Crippen LogP contribution in [0.2, 0.25) is 0 Å². The fourth-order valence-electron chi connectivity index (χ4n) is 4.06. The molecular weight excluding hydrogens is 356 g/mol. The van der Waals surface area contributed by atoms with Crippen LogP contribution in [-0.4, -0.2) is 8.97 Å². The van der Waals surface area contributed by atoms with Crippen LogP contribution in [0.4, 0.5) is 0 Å². The third-order valence-corrected chi connectivity index (χ3v) is 5.51. The van der Waals surface area contributed by atoms with E-state index >= 15 is 0 Å². The standard InChI is InChI=1S/C26H20N2O/c1-3-19-17-25-27(18(19)2)24-15-8-7-14-23(24)26(29)28(25)22-13-9-12-21(16-22)20-10-5-4-6-11-20/h3-17H,1H2,2H3. The van der Waals surface area contributed by atoms with E-state index in [-0.39, 0.29) is 5.56 Å². The first kappa shape index (κ1) is 17.3. The second kappa shape index (κ2) is 6.64. The first-order valence-corrected chi connectivity index (χ1v) is 9.63. The van der Waals surface area contributed by atoms with Gasteiger partial charge in [0.25, 0.3) is 5.56 Å². The van der Waals surface area contributed by atoms with Gasteiger partial charge in [-0.15, -0.1) is 0 Å². The summed E-state index contributed by atoms with van der Waals surface area (Å²) in [5.74, 6) is 0. The normalized spacial score (nSPS) is 11.2. The molecule has 5 rings (SSSR count). The number of nitrogens with zero attached hydrogens (tertiary/aromatic N) is 2. The molecule has 3 aromatic carbocycles. The Bertz CT molecular complexity index is 1440. The summed E-state index contributed by atoms with van der Waals surface area (Å²) >= 11 is 0. The molecule has 0 unspecified atom stereocenters. The summed E-state index contributed by atoms with van der Waals surface area (Å²) in [6.45, 7) is 6.01. The maximum absolute atomic E-state index is 13.5. The Hall–Kier alpha value is -3.85. The number of hydrogen-bond donors (Lipinski definition) is 0. The Labute approximate surface area is 168 Å². The van der Waals surface area contributed by atoms with Gasteiger partial charge in [0, 0.05) is 5.69 Å². The van der Waals surface area contributed by atoms with Crippen molar-refractivity contribution < 1.29 is 0 Å². The molecule has 0 fully saturated rings. The lowest BCUT2D eigenvalue weighted by Crippen LogP contribution is -2.21. The third kappa shape index (κ3) is 2.63. The van der Waals surface area contributed by atoms with Crippen LogP contribution in [-0.2, 0) is 0 Å². The van der Waals surface area contributed by atoms with E-state index in [9.17, 15) is 4.79 Å². The van der Waals surface area contributed by atoms with Crippen molar-refractivity contribution in [1.82, 2.24) is 8.97 Å². The van der Waals surface area contributed by atoms with Crippen molar-refractivity contribution in [1.29, 1.82) is 0 Å². The average Bonchev–Trinajstić information content (AvgIpc) is 3.11. The molecule has 2 aromatic heterocycles. The van der Waals surface area contributed by atoms with Gasteiger partial charge in [0.15, 0.2) is 0 Å². The second-order valence-corrected chi connectivity index (χ2v) is 7.16. The molecule has 0 spiro atoms. The molecule has 0 aliphatic rings. The monoisotopic (exact) mass is 376 g/mol. The first-order valence-electron chi connectivity index (χ1n) is 9.63. The van der Waals surface area contributed by atoms with E-state index < -0.39 is 0 Å². The van der Waals surface area contributed by atoms with Crippen molar-refractivity contribution in [3.8, 4) is 16.8 Å². The van der Waals surface area contributed by atoms with Crippen LogP contribution in [0.15, 0.2) is 96.3 Å². The van der Waals surface area contributed by atoms with Gasteiger partial charge in [-0.1, -0.05) is 67.3 Å². The van der Waals surface area contributed by atoms with Gasteiger partial charge in [-0.25, -0.2) is 0 Å². The first-order chi connectivity index (χ1) is 14.2. The number of aromatic nitrogens is 2. The smallest absolute Gasteiger partial charge is 0.266 e. The molecule has 0 aliphatic carbocycles. The highest BCUT2D eigenvalue weighted by atomic mass is 16.1. The molecule has 0 saturated carbocycles. The lowest BCUT2D eigenvalue weighted by molar-refractivity contribution is 0.985. The van der Waals surface area contributed by atoms with Crippen molar-refractivity contribution >= 4 is 22.6 Å². The second-order valence-electron chi connectivity index (χ2n) is 7.16. The highest BCUT2D eigenvalue weighted by molar-refractivity contribution is 5.83. The van der Waals surface area contributed by atoms with Crippen LogP contribution < -0.4 is 5.56 Å². The zero-order valence-corrected chi connectivity index (χ0v) is 16.2. The minimum Gasteiger partial charge on any atom is -0.299 e. The molecule has 5 aromatic rings. The number of hydrogen-bond acceptors (Lipinski definition) is 1. The Morgan fingerprint density at radius 2 is 1.55 bits per heavy atom. The molecular formula is C26H20N2O. The summed E-state index contributed by atoms with van der Waals surface area (Å²) < 4.78 is 3.94. The summed E-state index contributed by atoms with van der Waals surface area (Å²) in [6.07, 6.45) is 1.84. The fraction of sp³-hybridized carbons (Fsp3) is 0.0385. The predicted molar refractivity (Wildman–Crippen MR) is 121 cm³/mol. The summed E-state index contributed by atoms with van der Waals surface area (Å²) in [6, 6.07) is 28.1. The molecule has 0 radical (unpaired) electrons. The summed E-state index contributed by atoms with van der Waals surface area (Å²) in [4.78, 5) is 13.5. The summed E-state index contributed by atoms with van der Waals surface area (Å²) in [7, 11) is 0. The van der Waals surface area contributed by atoms with Crippen molar-refractivity contribution in [3.63, 3.8) is 0 Å². The van der Waals surface area contributed by atoms with E-state index in [1.54, 1.807) is 4.57 Å². The molecule has 140 valence electrons. The lowest BCUT2D eigenvalue weighted by atomic mass is 10.1. The SMILES string of the molecule is C=Cc1cc2n(-c3cccc(-c4ccccc4)c3)c(=O)c3ccccc3n2c1C. The maximum Gasteiger partial charge on any atom is 0.266 e. The van der Waals surface area contributed by atoms with Crippen LogP contribution in [0.5, 0.6) is 0 Å². The van der Waals surface area contributed by atoms with E-state index in [1.165, 1.54) is 0 Å². The van der Waals surface area contributed by atoms with Gasteiger partial charge in [-0.3, -0.25) is 13.8 Å². The summed E-state index contributed by atoms with van der Waals surface area (Å²) in [5, 5.41) is 0.694. The van der Waals surface area contributed by atoms with Crippen LogP contribution in [0.1, 0.15) is 11.3 Å². The van der Waals surface area contributed by atoms with Gasteiger partial charge >= 0.3 is 0 Å². The van der Waals surface area contributed by atoms with Crippen molar-refractivity contribution in [2.75, 3.05) is 0 Å². The molecule has 0 amide bonds. The third-order valence-electron chi connectivity index (χ3n) is 5.51. The number of fused-ring (bicyclic) bond motifs is 3. The summed E-state index contributed by atoms with van der Waals surface area (Å²) in [5.41, 5.74) is 6.87. The number of rotatable bonds is 3. The fourth-order valence-corrected chi connectivity index (χ4v) is 4.06. The largest absolute Gasteiger partial charge is 0.299 e. The molecule has 3 nitrogen and oxygen atoms in total. The van der Waals surface area contributed by atoms with Gasteiger partial charge in [-0.2, -0.15) is 0 Å². The number of aryl methyl sites for hydroxylation is 1. The van der Waals surface area contributed by atoms with Gasteiger partial charge in [-0.05, 0) is 53.9 Å². The maximum atomic E-state index is 13.5. The van der Waals surface area contributed by atoms with Gasteiger partial charge in [0.05, 0.1) is 16.6 Å². The molecule has 3 heteroatoms. The average molecular weight is 376 g/mol. The van der Waals surface area contributed by atoms with Crippen LogP contribution in [0.3, 0.4) is 0 Å². The molecule has 0 aliphatic heterocycles. The van der Waals surface area contributed by atoms with Gasteiger partial charge in [0.1, 0.15) is 5.65 Å². The zero-order valence-electron chi connectivity index (χ0n) is 16.2. The van der Waals surface area contributed by atoms with Crippen LogP contribution in [0, 0.1) is 6.92 Å². The minimum absolute atomic E-state index is 0.0218. The Kier molecular flexibility index (Phi) is 3.95. The topological polar surface area (TPSA) is 26.4 Å². The number of benzene rings is 3. The van der Waals surface area contributed by atoms with E-state index in [2.05, 4.69) is 42.2 Å². The quantitative estimate of drug-likeness (QED) is 0.387. The molecule has 29 heavy (non-hydrogen) atoms. The number of para-hydroxylation sites is 1. The van der Waals surface area contributed by atoms with Crippen molar-refractivity contribution in [2.24, 2.45) is 0 Å².